The van der Waals surface area contributed by atoms with Crippen LogP contribution in [0.2, 0.25) is 0 Å². The zero-order chi connectivity index (χ0) is 18.0. The standard InChI is InChI=1S/C13H16N5O6P/c1-2-3-22-9-6(4-23-25-21)24-12(8(9)19)18-5-15-7-10(18)16-13(14)17-11(7)20/h1,5-6,8-9,12,19,21,25H,3-4H2,(H3,14,16,17,20)/t6-,8+,9?,12-/m1/s1. The number of ether oxygens (including phenoxy) is 2. The number of rotatable bonds is 6. The maximum Gasteiger partial charge on any atom is 0.280 e. The fraction of sp³-hybridized carbons (Fsp3) is 0.462. The van der Waals surface area contributed by atoms with E-state index in [1.165, 1.54) is 10.9 Å². The number of nitrogens with one attached hydrogen (secondary N) is 1. The van der Waals surface area contributed by atoms with Gasteiger partial charge in [-0.05, 0) is 0 Å². The molecule has 1 fully saturated rings. The Morgan fingerprint density at radius 2 is 2.40 bits per heavy atom. The second-order valence-corrected chi connectivity index (χ2v) is 5.68. The summed E-state index contributed by atoms with van der Waals surface area (Å²) < 4.78 is 17.6. The lowest BCUT2D eigenvalue weighted by atomic mass is 10.1. The van der Waals surface area contributed by atoms with E-state index in [4.69, 9.17) is 31.0 Å². The molecule has 11 nitrogen and oxygen atoms in total. The Hall–Kier alpha value is -2.06. The number of hydrogen-bond acceptors (Lipinski definition) is 9. The molecule has 0 aliphatic carbocycles. The summed E-state index contributed by atoms with van der Waals surface area (Å²) >= 11 is 0. The van der Waals surface area contributed by atoms with Gasteiger partial charge in [0.2, 0.25) is 5.95 Å². The number of terminal acetylenes is 1. The van der Waals surface area contributed by atoms with Gasteiger partial charge in [-0.3, -0.25) is 14.3 Å². The minimum atomic E-state index is -1.14. The monoisotopic (exact) mass is 369 g/mol. The van der Waals surface area contributed by atoms with Crippen LogP contribution < -0.4 is 11.3 Å². The highest BCUT2D eigenvalue weighted by molar-refractivity contribution is 7.24. The first kappa shape index (κ1) is 17.8. The topological polar surface area (TPSA) is 158 Å². The van der Waals surface area contributed by atoms with Crippen molar-refractivity contribution in [2.75, 3.05) is 18.9 Å². The fourth-order valence-corrected chi connectivity index (χ4v) is 2.92. The zero-order valence-corrected chi connectivity index (χ0v) is 13.8. The van der Waals surface area contributed by atoms with E-state index in [2.05, 4.69) is 20.9 Å². The highest BCUT2D eigenvalue weighted by atomic mass is 31.1. The summed E-state index contributed by atoms with van der Waals surface area (Å²) in [4.78, 5) is 31.1. The third kappa shape index (κ3) is 3.36. The largest absolute Gasteiger partial charge is 0.386 e. The van der Waals surface area contributed by atoms with E-state index in [1.54, 1.807) is 0 Å². The Bertz CT molecular complexity index is 848. The molecule has 1 aliphatic heterocycles. The molecule has 0 radical (unpaired) electrons. The van der Waals surface area contributed by atoms with Crippen molar-refractivity contribution in [3.63, 3.8) is 0 Å². The van der Waals surface area contributed by atoms with Gasteiger partial charge in [0, 0.05) is 0 Å². The van der Waals surface area contributed by atoms with E-state index >= 15 is 0 Å². The molecule has 1 aliphatic rings. The van der Waals surface area contributed by atoms with Crippen LogP contribution in [0.5, 0.6) is 0 Å². The first-order valence-electron chi connectivity index (χ1n) is 7.18. The minimum Gasteiger partial charge on any atom is -0.386 e. The van der Waals surface area contributed by atoms with E-state index in [0.717, 1.165) is 0 Å². The van der Waals surface area contributed by atoms with Crippen molar-refractivity contribution in [1.29, 1.82) is 0 Å². The first-order valence-corrected chi connectivity index (χ1v) is 8.04. The van der Waals surface area contributed by atoms with E-state index < -0.39 is 39.1 Å². The molecule has 25 heavy (non-hydrogen) atoms. The third-order valence-corrected chi connectivity index (χ3v) is 4.00. The number of hydrogen-bond donors (Lipinski definition) is 4. The van der Waals surface area contributed by atoms with Gasteiger partial charge in [-0.1, -0.05) is 5.92 Å². The van der Waals surface area contributed by atoms with Crippen molar-refractivity contribution >= 4 is 26.1 Å². The molecule has 0 bridgehead atoms. The van der Waals surface area contributed by atoms with Crippen LogP contribution in [-0.2, 0) is 14.0 Å². The van der Waals surface area contributed by atoms with Gasteiger partial charge in [0.25, 0.3) is 5.56 Å². The number of anilines is 1. The molecular formula is C13H16N5O6P. The van der Waals surface area contributed by atoms with Crippen molar-refractivity contribution in [3.05, 3.63) is 16.7 Å². The van der Waals surface area contributed by atoms with Crippen LogP contribution >= 0.6 is 9.03 Å². The Balaban J connectivity index is 1.94. The van der Waals surface area contributed by atoms with Crippen LogP contribution in [0.4, 0.5) is 5.95 Å². The van der Waals surface area contributed by atoms with Gasteiger partial charge >= 0.3 is 0 Å². The van der Waals surface area contributed by atoms with E-state index in [9.17, 15) is 9.90 Å². The van der Waals surface area contributed by atoms with Gasteiger partial charge in [0.1, 0.15) is 24.9 Å². The highest BCUT2D eigenvalue weighted by Gasteiger charge is 2.46. The molecular weight excluding hydrogens is 353 g/mol. The van der Waals surface area contributed by atoms with E-state index in [-0.39, 0.29) is 30.3 Å². The van der Waals surface area contributed by atoms with Crippen LogP contribution in [0.3, 0.4) is 0 Å². The number of imidazole rings is 1. The lowest BCUT2D eigenvalue weighted by Crippen LogP contribution is -2.36. The second kappa shape index (κ2) is 7.45. The summed E-state index contributed by atoms with van der Waals surface area (Å²) in [6.07, 6.45) is 2.94. The molecule has 3 rings (SSSR count). The van der Waals surface area contributed by atoms with Gasteiger partial charge in [-0.25, -0.2) is 4.98 Å². The van der Waals surface area contributed by atoms with Gasteiger partial charge < -0.3 is 29.7 Å². The van der Waals surface area contributed by atoms with Crippen molar-refractivity contribution in [3.8, 4) is 12.3 Å². The molecule has 1 saturated heterocycles. The summed E-state index contributed by atoms with van der Waals surface area (Å²) in [5.74, 6) is 2.23. The Morgan fingerprint density at radius 3 is 3.12 bits per heavy atom. The number of H-pyrrole nitrogens is 1. The number of aromatic amines is 1. The summed E-state index contributed by atoms with van der Waals surface area (Å²) in [7, 11) is -0.737. The van der Waals surface area contributed by atoms with Crippen molar-refractivity contribution in [2.45, 2.75) is 24.5 Å². The molecule has 2 unspecified atom stereocenters. The minimum absolute atomic E-state index is 0.0134. The Kier molecular flexibility index (Phi) is 5.29. The molecule has 0 spiro atoms. The Morgan fingerprint density at radius 1 is 1.60 bits per heavy atom. The van der Waals surface area contributed by atoms with Gasteiger partial charge in [-0.2, -0.15) is 4.98 Å². The summed E-state index contributed by atoms with van der Waals surface area (Å²) in [6.45, 7) is -0.0498. The molecule has 0 amide bonds. The average Bonchev–Trinajstić information content (AvgIpc) is 3.12. The number of fused-ring (bicyclic) bond motifs is 1. The smallest absolute Gasteiger partial charge is 0.280 e. The molecule has 5 atom stereocenters. The normalized spacial score (nSPS) is 26.6. The lowest BCUT2D eigenvalue weighted by Gasteiger charge is -2.19. The summed E-state index contributed by atoms with van der Waals surface area (Å²) in [5.41, 5.74) is 5.28. The molecule has 12 heteroatoms. The number of aliphatic hydroxyl groups excluding tert-OH is 1. The van der Waals surface area contributed by atoms with Gasteiger partial charge in [-0.15, -0.1) is 6.42 Å². The average molecular weight is 369 g/mol. The third-order valence-electron chi connectivity index (χ3n) is 3.71. The zero-order valence-electron chi connectivity index (χ0n) is 12.8. The van der Waals surface area contributed by atoms with Crippen molar-refractivity contribution in [2.24, 2.45) is 0 Å². The molecule has 5 N–H and O–H groups in total. The maximum absolute atomic E-state index is 11.9. The number of aromatic nitrogens is 4. The molecule has 3 heterocycles. The lowest BCUT2D eigenvalue weighted by molar-refractivity contribution is -0.0505. The molecule has 0 aromatic carbocycles. The van der Waals surface area contributed by atoms with Gasteiger partial charge in [0.15, 0.2) is 26.4 Å². The predicted octanol–water partition coefficient (Wildman–Crippen LogP) is -1.50. The number of nitrogen functional groups attached to an aromatic ring is 1. The quantitative estimate of drug-likeness (QED) is 0.351. The van der Waals surface area contributed by atoms with E-state index in [1.807, 2.05) is 0 Å². The molecule has 2 aromatic rings. The maximum atomic E-state index is 11.9. The SMILES string of the molecule is C#CCOC1[C@@H](COPO)O[C@@H](n2cnc3c(=O)[nH]c(N)nc32)[C@H]1O. The second-order valence-electron chi connectivity index (χ2n) is 5.21. The Labute approximate surface area is 143 Å². The number of aliphatic hydroxyl groups is 1. The summed E-state index contributed by atoms with van der Waals surface area (Å²) in [5, 5.41) is 10.6. The summed E-state index contributed by atoms with van der Waals surface area (Å²) in [6, 6.07) is 0. The number of nitrogens with two attached hydrogens (primary N) is 1. The van der Waals surface area contributed by atoms with E-state index in [0.29, 0.717) is 0 Å². The highest BCUT2D eigenvalue weighted by Crippen LogP contribution is 2.33. The van der Waals surface area contributed by atoms with Crippen LogP contribution in [0, 0.1) is 12.3 Å². The first-order chi connectivity index (χ1) is 12.1. The van der Waals surface area contributed by atoms with Crippen LogP contribution in [-0.4, -0.2) is 61.0 Å². The van der Waals surface area contributed by atoms with Crippen molar-refractivity contribution < 1.29 is 24.0 Å². The van der Waals surface area contributed by atoms with Crippen LogP contribution in [0.15, 0.2) is 11.1 Å². The molecule has 134 valence electrons. The molecule has 2 aromatic heterocycles. The molecule has 0 saturated carbocycles. The fourth-order valence-electron chi connectivity index (χ4n) is 2.68. The van der Waals surface area contributed by atoms with Gasteiger partial charge in [0.05, 0.1) is 12.9 Å². The van der Waals surface area contributed by atoms with Crippen LogP contribution in [0.1, 0.15) is 6.23 Å². The van der Waals surface area contributed by atoms with Crippen molar-refractivity contribution in [1.82, 2.24) is 19.5 Å². The predicted molar refractivity (Wildman–Crippen MR) is 87.5 cm³/mol. The number of nitrogens with zero attached hydrogens (tertiary/aromatic N) is 3. The van der Waals surface area contributed by atoms with Crippen LogP contribution in [0.25, 0.3) is 11.2 Å².